The van der Waals surface area contributed by atoms with Crippen LogP contribution >= 0.6 is 23.2 Å². The Morgan fingerprint density at radius 3 is 2.56 bits per heavy atom. The summed E-state index contributed by atoms with van der Waals surface area (Å²) in [6.45, 7) is 3.33. The van der Waals surface area contributed by atoms with E-state index in [1.807, 2.05) is 27.8 Å². The van der Waals surface area contributed by atoms with Gasteiger partial charge >= 0.3 is 6.69 Å². The molecule has 0 aliphatic carbocycles. The molecule has 1 aromatic rings. The van der Waals surface area contributed by atoms with E-state index < -0.39 is 36.4 Å². The number of benzene rings is 1. The number of hydrogen-bond donors (Lipinski definition) is 2. The average molecular weight is 514 g/mol. The quantitative estimate of drug-likeness (QED) is 0.542. The van der Waals surface area contributed by atoms with E-state index in [1.165, 1.54) is 12.1 Å². The first-order valence-corrected chi connectivity index (χ1v) is 12.1. The Morgan fingerprint density at radius 2 is 1.88 bits per heavy atom. The van der Waals surface area contributed by atoms with Crippen LogP contribution in [0.2, 0.25) is 10.0 Å². The van der Waals surface area contributed by atoms with Crippen LogP contribution in [0, 0.1) is 5.92 Å². The summed E-state index contributed by atoms with van der Waals surface area (Å²) in [6.07, 6.45) is 0.790. The minimum atomic E-state index is -2.57. The highest BCUT2D eigenvalue weighted by atomic mass is 35.5. The lowest BCUT2D eigenvalue weighted by Crippen LogP contribution is -2.85. The van der Waals surface area contributed by atoms with Crippen molar-refractivity contribution in [2.75, 3.05) is 20.1 Å². The van der Waals surface area contributed by atoms with E-state index in [2.05, 4.69) is 10.6 Å². The Balaban J connectivity index is 1.82. The zero-order valence-corrected chi connectivity index (χ0v) is 21.2. The van der Waals surface area contributed by atoms with Crippen LogP contribution in [0.15, 0.2) is 18.2 Å². The number of carbonyl (C=O) groups excluding carboxylic acids is 4. The van der Waals surface area contributed by atoms with Gasteiger partial charge in [0.2, 0.25) is 5.91 Å². The molecule has 12 heteroatoms. The van der Waals surface area contributed by atoms with Gasteiger partial charge in [0.1, 0.15) is 0 Å². The highest BCUT2D eigenvalue weighted by molar-refractivity contribution is 6.66. The van der Waals surface area contributed by atoms with E-state index in [0.29, 0.717) is 18.0 Å². The minimum Gasteiger partial charge on any atom is -0.603 e. The summed E-state index contributed by atoms with van der Waals surface area (Å²) in [5.74, 6) is -2.69. The standard InChI is InChI=1S/C22H30BCl2N3O6/c1-13(2)9-18(23-28(4,8-7-20(30)33-23)14(3)10-21(31)34-23)27-19(29)12-26-22(32)16-11-15(24)5-6-17(16)25/h5-6,11,13-14,18H,7-10,12H2,1-4H3,(H,26,32)(H,27,29)/t14-,18+,23?,28?/m1/s1. The van der Waals surface area contributed by atoms with Crippen LogP contribution in [-0.2, 0) is 23.7 Å². The molecule has 0 spiro atoms. The molecule has 2 N–H and O–H groups in total. The summed E-state index contributed by atoms with van der Waals surface area (Å²) in [7, 11) is 1.89. The molecule has 2 amide bonds. The molecular weight excluding hydrogens is 484 g/mol. The molecule has 2 aliphatic rings. The van der Waals surface area contributed by atoms with Crippen LogP contribution in [-0.4, -0.2) is 67.0 Å². The summed E-state index contributed by atoms with van der Waals surface area (Å²) >= 11 is 12.0. The summed E-state index contributed by atoms with van der Waals surface area (Å²) in [4.78, 5) is 50.3. The first-order valence-electron chi connectivity index (χ1n) is 11.3. The molecule has 4 atom stereocenters. The summed E-state index contributed by atoms with van der Waals surface area (Å²) in [5.41, 5.74) is 0.143. The predicted octanol–water partition coefficient (Wildman–Crippen LogP) is 2.46. The Kier molecular flexibility index (Phi) is 7.84. The summed E-state index contributed by atoms with van der Waals surface area (Å²) in [5, 5.41) is 5.94. The van der Waals surface area contributed by atoms with Crippen molar-refractivity contribution in [3.63, 3.8) is 0 Å². The van der Waals surface area contributed by atoms with Crippen molar-refractivity contribution in [2.45, 2.75) is 52.0 Å². The number of carbonyl (C=O) groups is 4. The van der Waals surface area contributed by atoms with E-state index in [9.17, 15) is 19.2 Å². The normalized spacial score (nSPS) is 27.3. The number of quaternary nitrogens is 1. The molecule has 9 nitrogen and oxygen atoms in total. The maximum atomic E-state index is 12.9. The lowest BCUT2D eigenvalue weighted by molar-refractivity contribution is -0.859. The van der Waals surface area contributed by atoms with Crippen molar-refractivity contribution in [1.29, 1.82) is 0 Å². The minimum absolute atomic E-state index is 0.0893. The van der Waals surface area contributed by atoms with Gasteiger partial charge in [-0.15, -0.1) is 0 Å². The Labute approximate surface area is 209 Å². The maximum Gasteiger partial charge on any atom is 0.604 e. The number of halogens is 2. The van der Waals surface area contributed by atoms with Crippen molar-refractivity contribution in [3.8, 4) is 0 Å². The molecule has 2 unspecified atom stereocenters. The second kappa shape index (κ2) is 10.1. The number of fused-ring (bicyclic) bond motifs is 1. The van der Waals surface area contributed by atoms with E-state index >= 15 is 0 Å². The van der Waals surface area contributed by atoms with Crippen LogP contribution in [0.4, 0.5) is 0 Å². The van der Waals surface area contributed by atoms with Crippen LogP contribution in [0.3, 0.4) is 0 Å². The first-order chi connectivity index (χ1) is 15.9. The molecule has 2 saturated heterocycles. The molecular formula is C22H30BCl2N3O6. The van der Waals surface area contributed by atoms with Crippen molar-refractivity contribution in [2.24, 2.45) is 5.92 Å². The molecule has 2 fully saturated rings. The molecule has 0 bridgehead atoms. The van der Waals surface area contributed by atoms with Gasteiger partial charge in [-0.1, -0.05) is 37.0 Å². The van der Waals surface area contributed by atoms with Gasteiger partial charge in [-0.25, -0.2) is 0 Å². The van der Waals surface area contributed by atoms with Crippen LogP contribution in [0.5, 0.6) is 0 Å². The Morgan fingerprint density at radius 1 is 1.21 bits per heavy atom. The van der Waals surface area contributed by atoms with Crippen molar-refractivity contribution >= 4 is 53.6 Å². The van der Waals surface area contributed by atoms with E-state index in [1.54, 1.807) is 6.07 Å². The SMILES string of the molecule is CC(C)C[C@H](NC(=O)CNC(=O)c1cc(Cl)ccc1Cl)[B-]12OC(=O)CC[N+]1(C)[C@H](C)CC(=O)O2. The van der Waals surface area contributed by atoms with Gasteiger partial charge in [-0.3, -0.25) is 19.2 Å². The lowest BCUT2D eigenvalue weighted by atomic mass is 9.53. The molecule has 186 valence electrons. The number of nitrogens with one attached hydrogen (secondary N) is 2. The molecule has 34 heavy (non-hydrogen) atoms. The second-order valence-electron chi connectivity index (χ2n) is 9.69. The highest BCUT2D eigenvalue weighted by Crippen LogP contribution is 2.39. The second-order valence-corrected chi connectivity index (χ2v) is 10.5. The Bertz CT molecular complexity index is 1000. The third kappa shape index (κ3) is 5.19. The third-order valence-electron chi connectivity index (χ3n) is 6.85. The average Bonchev–Trinajstić information content (AvgIpc) is 2.74. The van der Waals surface area contributed by atoms with Crippen LogP contribution < -0.4 is 10.6 Å². The van der Waals surface area contributed by atoms with Gasteiger partial charge in [0.15, 0.2) is 0 Å². The molecule has 1 aromatic carbocycles. The van der Waals surface area contributed by atoms with Gasteiger partial charge in [-0.05, 0) is 37.5 Å². The molecule has 0 radical (unpaired) electrons. The van der Waals surface area contributed by atoms with Crippen LogP contribution in [0.25, 0.3) is 0 Å². The maximum absolute atomic E-state index is 12.9. The molecule has 3 rings (SSSR count). The van der Waals surface area contributed by atoms with Gasteiger partial charge in [0.05, 0.1) is 48.5 Å². The van der Waals surface area contributed by atoms with Gasteiger partial charge < -0.3 is 24.3 Å². The molecule has 2 aliphatic heterocycles. The van der Waals surface area contributed by atoms with Crippen LogP contribution in [0.1, 0.15) is 50.4 Å². The van der Waals surface area contributed by atoms with Gasteiger partial charge in [0.25, 0.3) is 17.8 Å². The number of nitrogens with zero attached hydrogens (tertiary/aromatic N) is 1. The first kappa shape index (κ1) is 26.3. The molecule has 0 saturated carbocycles. The monoisotopic (exact) mass is 513 g/mol. The zero-order valence-electron chi connectivity index (χ0n) is 19.7. The van der Waals surface area contributed by atoms with E-state index in [4.69, 9.17) is 32.5 Å². The van der Waals surface area contributed by atoms with E-state index in [-0.39, 0.29) is 46.3 Å². The van der Waals surface area contributed by atoms with E-state index in [0.717, 1.165) is 0 Å². The lowest BCUT2D eigenvalue weighted by Gasteiger charge is -2.64. The number of hydrogen-bond acceptors (Lipinski definition) is 6. The summed E-state index contributed by atoms with van der Waals surface area (Å²) in [6, 6.07) is 4.30. The molecule has 0 aromatic heterocycles. The fourth-order valence-electron chi connectivity index (χ4n) is 4.89. The van der Waals surface area contributed by atoms with Crippen molar-refractivity contribution in [3.05, 3.63) is 33.8 Å². The van der Waals surface area contributed by atoms with Gasteiger partial charge in [-0.2, -0.15) is 0 Å². The van der Waals surface area contributed by atoms with Crippen molar-refractivity contribution < 1.29 is 32.9 Å². The predicted molar refractivity (Wildman–Crippen MR) is 128 cm³/mol. The smallest absolute Gasteiger partial charge is 0.603 e. The number of amides is 2. The fourth-order valence-corrected chi connectivity index (χ4v) is 5.27. The molecule has 2 heterocycles. The number of rotatable bonds is 7. The highest BCUT2D eigenvalue weighted by Gasteiger charge is 2.66. The summed E-state index contributed by atoms with van der Waals surface area (Å²) < 4.78 is 11.9. The largest absolute Gasteiger partial charge is 0.604 e. The topological polar surface area (TPSA) is 111 Å². The third-order valence-corrected chi connectivity index (χ3v) is 7.42. The van der Waals surface area contributed by atoms with Crippen molar-refractivity contribution in [1.82, 2.24) is 10.6 Å². The zero-order chi connectivity index (χ0) is 25.3. The fraction of sp³-hybridized carbons (Fsp3) is 0.545. The Hall–Kier alpha value is -2.30. The van der Waals surface area contributed by atoms with Gasteiger partial charge in [0, 0.05) is 12.1 Å².